The van der Waals surface area contributed by atoms with E-state index in [9.17, 15) is 0 Å². The molecule has 8 heteroatoms. The van der Waals surface area contributed by atoms with E-state index in [1.165, 1.54) is 16.0 Å². The minimum atomic E-state index is 0.579. The summed E-state index contributed by atoms with van der Waals surface area (Å²) < 4.78 is 16.9. The number of thioether (sulfide) groups is 2. The molecule has 1 N–H and O–H groups in total. The first kappa shape index (κ1) is 25.7. The van der Waals surface area contributed by atoms with Crippen molar-refractivity contribution < 1.29 is 14.2 Å². The van der Waals surface area contributed by atoms with Gasteiger partial charge in [0.15, 0.2) is 5.16 Å². The van der Waals surface area contributed by atoms with Crippen molar-refractivity contribution in [2.24, 2.45) is 0 Å². The van der Waals surface area contributed by atoms with Crippen molar-refractivity contribution in [3.05, 3.63) is 83.7 Å². The quantitative estimate of drug-likeness (QED) is 0.158. The number of hydrogen-bond acceptors (Lipinski definition) is 7. The van der Waals surface area contributed by atoms with E-state index in [2.05, 4.69) is 40.1 Å². The van der Waals surface area contributed by atoms with Crippen molar-refractivity contribution in [2.75, 3.05) is 38.8 Å². The molecule has 2 aromatic carbocycles. The van der Waals surface area contributed by atoms with Gasteiger partial charge < -0.3 is 19.2 Å². The third-order valence-corrected chi connectivity index (χ3v) is 7.32. The van der Waals surface area contributed by atoms with Gasteiger partial charge in [0.25, 0.3) is 0 Å². The van der Waals surface area contributed by atoms with Gasteiger partial charge in [-0.3, -0.25) is 4.98 Å². The lowest BCUT2D eigenvalue weighted by molar-refractivity contribution is 0.0132. The summed E-state index contributed by atoms with van der Waals surface area (Å²) in [7, 11) is 0. The molecule has 0 bridgehead atoms. The Morgan fingerprint density at radius 2 is 1.54 bits per heavy atom. The zero-order valence-electron chi connectivity index (χ0n) is 19.9. The fourth-order valence-corrected chi connectivity index (χ4v) is 5.23. The summed E-state index contributed by atoms with van der Waals surface area (Å²) in [4.78, 5) is 13.8. The van der Waals surface area contributed by atoms with E-state index in [0.29, 0.717) is 39.6 Å². The number of aromatic nitrogens is 3. The van der Waals surface area contributed by atoms with Gasteiger partial charge in [-0.1, -0.05) is 54.2 Å². The Morgan fingerprint density at radius 3 is 2.37 bits per heavy atom. The predicted octanol–water partition coefficient (Wildman–Crippen LogP) is 5.90. The molecule has 2 aromatic heterocycles. The molecule has 0 aliphatic heterocycles. The summed E-state index contributed by atoms with van der Waals surface area (Å²) in [6.45, 7) is 5.78. The zero-order valence-corrected chi connectivity index (χ0v) is 21.6. The van der Waals surface area contributed by atoms with Gasteiger partial charge in [0.05, 0.1) is 56.4 Å². The Bertz CT molecular complexity index is 1140. The SMILES string of the molecule is Cc1c(SCCOCCOCCOCc2ccccc2)ccnc1CSc1nc2ccccc2[nH]1. The van der Waals surface area contributed by atoms with Crippen molar-refractivity contribution in [3.8, 4) is 0 Å². The highest BCUT2D eigenvalue weighted by Crippen LogP contribution is 2.28. The molecule has 0 amide bonds. The highest BCUT2D eigenvalue weighted by atomic mass is 32.2. The molecule has 2 heterocycles. The number of ether oxygens (including phenoxy) is 3. The van der Waals surface area contributed by atoms with Crippen LogP contribution in [0.5, 0.6) is 0 Å². The van der Waals surface area contributed by atoms with Gasteiger partial charge in [-0.15, -0.1) is 11.8 Å². The van der Waals surface area contributed by atoms with Crippen LogP contribution in [-0.2, 0) is 26.6 Å². The van der Waals surface area contributed by atoms with Gasteiger partial charge >= 0.3 is 0 Å². The Hall–Kier alpha value is -2.36. The Labute approximate surface area is 215 Å². The average Bonchev–Trinajstić information content (AvgIpc) is 3.31. The maximum absolute atomic E-state index is 5.72. The van der Waals surface area contributed by atoms with E-state index in [1.807, 2.05) is 48.7 Å². The number of hydrogen-bond donors (Lipinski definition) is 1. The number of benzene rings is 2. The lowest BCUT2D eigenvalue weighted by Gasteiger charge is -2.10. The summed E-state index contributed by atoms with van der Waals surface area (Å²) in [6.07, 6.45) is 1.89. The van der Waals surface area contributed by atoms with Crippen molar-refractivity contribution >= 4 is 34.6 Å². The Kier molecular flexibility index (Phi) is 10.5. The molecule has 0 spiro atoms. The highest BCUT2D eigenvalue weighted by molar-refractivity contribution is 7.99. The van der Waals surface area contributed by atoms with Crippen LogP contribution in [0.15, 0.2) is 76.9 Å². The van der Waals surface area contributed by atoms with Gasteiger partial charge in [-0.25, -0.2) is 4.98 Å². The normalized spacial score (nSPS) is 11.3. The molecule has 6 nitrogen and oxygen atoms in total. The number of rotatable bonds is 15. The average molecular weight is 510 g/mol. The topological polar surface area (TPSA) is 69.3 Å². The van der Waals surface area contributed by atoms with Crippen molar-refractivity contribution in [3.63, 3.8) is 0 Å². The second kappa shape index (κ2) is 14.3. The largest absolute Gasteiger partial charge is 0.378 e. The van der Waals surface area contributed by atoms with Crippen LogP contribution in [0.1, 0.15) is 16.8 Å². The van der Waals surface area contributed by atoms with Gasteiger partial charge in [0, 0.05) is 22.6 Å². The molecule has 0 saturated carbocycles. The molecule has 0 radical (unpaired) electrons. The number of para-hydroxylation sites is 2. The first-order valence-electron chi connectivity index (χ1n) is 11.7. The van der Waals surface area contributed by atoms with Gasteiger partial charge in [-0.2, -0.15) is 0 Å². The summed E-state index contributed by atoms with van der Waals surface area (Å²) in [5.41, 5.74) is 5.54. The molecule has 0 fully saturated rings. The molecular formula is C27H31N3O3S2. The Balaban J connectivity index is 1.07. The molecule has 4 aromatic rings. The fraction of sp³-hybridized carbons (Fsp3) is 0.333. The molecule has 0 atom stereocenters. The molecular weight excluding hydrogens is 478 g/mol. The van der Waals surface area contributed by atoms with Gasteiger partial charge in [0.2, 0.25) is 0 Å². The van der Waals surface area contributed by atoms with E-state index < -0.39 is 0 Å². The van der Waals surface area contributed by atoms with Crippen molar-refractivity contribution in [1.82, 2.24) is 15.0 Å². The van der Waals surface area contributed by atoms with Crippen LogP contribution >= 0.6 is 23.5 Å². The minimum absolute atomic E-state index is 0.579. The molecule has 4 rings (SSSR count). The van der Waals surface area contributed by atoms with E-state index in [-0.39, 0.29) is 0 Å². The lowest BCUT2D eigenvalue weighted by Crippen LogP contribution is -2.10. The van der Waals surface area contributed by atoms with Gasteiger partial charge in [0.1, 0.15) is 0 Å². The summed E-state index contributed by atoms with van der Waals surface area (Å²) >= 11 is 3.48. The predicted molar refractivity (Wildman–Crippen MR) is 143 cm³/mol. The highest BCUT2D eigenvalue weighted by Gasteiger charge is 2.09. The molecule has 0 saturated heterocycles. The number of nitrogens with one attached hydrogen (secondary N) is 1. The second-order valence-electron chi connectivity index (χ2n) is 7.84. The van der Waals surface area contributed by atoms with Crippen LogP contribution in [0, 0.1) is 6.92 Å². The van der Waals surface area contributed by atoms with E-state index in [4.69, 9.17) is 14.2 Å². The monoisotopic (exact) mass is 509 g/mol. The maximum atomic E-state index is 5.72. The summed E-state index contributed by atoms with van der Waals surface area (Å²) in [5.74, 6) is 1.67. The summed E-state index contributed by atoms with van der Waals surface area (Å²) in [5, 5.41) is 0.920. The van der Waals surface area contributed by atoms with E-state index in [0.717, 1.165) is 33.4 Å². The molecule has 0 unspecified atom stereocenters. The number of aromatic amines is 1. The van der Waals surface area contributed by atoms with Crippen LogP contribution in [-0.4, -0.2) is 53.7 Å². The van der Waals surface area contributed by atoms with Crippen LogP contribution in [0.3, 0.4) is 0 Å². The third-order valence-electron chi connectivity index (χ3n) is 5.31. The van der Waals surface area contributed by atoms with Crippen LogP contribution in [0.4, 0.5) is 0 Å². The third kappa shape index (κ3) is 8.37. The number of pyridine rings is 1. The lowest BCUT2D eigenvalue weighted by atomic mass is 10.2. The van der Waals surface area contributed by atoms with Crippen molar-refractivity contribution in [2.45, 2.75) is 29.3 Å². The number of imidazole rings is 1. The second-order valence-corrected chi connectivity index (χ2v) is 9.94. The van der Waals surface area contributed by atoms with Crippen LogP contribution in [0.2, 0.25) is 0 Å². The van der Waals surface area contributed by atoms with E-state index in [1.54, 1.807) is 23.5 Å². The standard InChI is InChI=1S/C27H31N3O3S2/c1-21-25(20-35-27-29-23-9-5-6-10-24(23)30-27)28-12-11-26(21)34-18-17-32-14-13-31-15-16-33-19-22-7-3-2-4-8-22/h2-12H,13-20H2,1H3,(H,29,30). The van der Waals surface area contributed by atoms with Crippen molar-refractivity contribution in [1.29, 1.82) is 0 Å². The Morgan fingerprint density at radius 1 is 0.800 bits per heavy atom. The van der Waals surface area contributed by atoms with Crippen LogP contribution < -0.4 is 0 Å². The fourth-order valence-electron chi connectivity index (χ4n) is 3.41. The first-order valence-corrected chi connectivity index (χ1v) is 13.7. The first-order chi connectivity index (χ1) is 17.3. The molecule has 0 aliphatic carbocycles. The molecule has 35 heavy (non-hydrogen) atoms. The van der Waals surface area contributed by atoms with Crippen LogP contribution in [0.25, 0.3) is 11.0 Å². The number of nitrogens with zero attached hydrogens (tertiary/aromatic N) is 2. The number of H-pyrrole nitrogens is 1. The molecule has 0 aliphatic rings. The minimum Gasteiger partial charge on any atom is -0.378 e. The number of fused-ring (bicyclic) bond motifs is 1. The maximum Gasteiger partial charge on any atom is 0.166 e. The smallest absolute Gasteiger partial charge is 0.166 e. The summed E-state index contributed by atoms with van der Waals surface area (Å²) in [6, 6.07) is 20.3. The van der Waals surface area contributed by atoms with Gasteiger partial charge in [-0.05, 0) is 36.2 Å². The zero-order chi connectivity index (χ0) is 24.1. The molecule has 184 valence electrons. The van der Waals surface area contributed by atoms with E-state index >= 15 is 0 Å².